The molecule has 1 aliphatic carbocycles. The topological polar surface area (TPSA) is 14.8 Å². The van der Waals surface area contributed by atoms with E-state index in [0.717, 1.165) is 12.8 Å². The minimum atomic E-state index is 1.01. The largest absolute Gasteiger partial charge is 0.309 e. The van der Waals surface area contributed by atoms with Crippen LogP contribution in [0.3, 0.4) is 0 Å². The van der Waals surface area contributed by atoms with Gasteiger partial charge in [-0.3, -0.25) is 0 Å². The lowest BCUT2D eigenvalue weighted by atomic mass is 9.98. The van der Waals surface area contributed by atoms with E-state index in [-0.39, 0.29) is 0 Å². The normalized spacial score (nSPS) is 12.7. The van der Waals surface area contributed by atoms with Crippen molar-refractivity contribution in [3.05, 3.63) is 199 Å². The van der Waals surface area contributed by atoms with Crippen molar-refractivity contribution >= 4 is 66.7 Å². The van der Waals surface area contributed by atoms with E-state index in [1.54, 1.807) is 0 Å². The van der Waals surface area contributed by atoms with E-state index >= 15 is 0 Å². The molecule has 0 bridgehead atoms. The molecule has 0 fully saturated rings. The van der Waals surface area contributed by atoms with Gasteiger partial charge in [0.1, 0.15) is 0 Å². The van der Waals surface area contributed by atoms with E-state index in [0.29, 0.717) is 0 Å². The van der Waals surface area contributed by atoms with Crippen LogP contribution >= 0.6 is 0 Å². The fourth-order valence-corrected chi connectivity index (χ4v) is 9.65. The van der Waals surface area contributed by atoms with Gasteiger partial charge in [0, 0.05) is 43.2 Å². The van der Waals surface area contributed by atoms with Crippen molar-refractivity contribution in [1.29, 1.82) is 0 Å². The first-order chi connectivity index (χ1) is 28.3. The minimum absolute atomic E-state index is 1.01. The predicted molar refractivity (Wildman–Crippen MR) is 240 cm³/mol. The first kappa shape index (κ1) is 31.9. The van der Waals surface area contributed by atoms with Crippen molar-refractivity contribution in [1.82, 2.24) is 13.7 Å². The molecule has 0 saturated carbocycles. The fourth-order valence-electron chi connectivity index (χ4n) is 9.65. The molecule has 1 aliphatic rings. The van der Waals surface area contributed by atoms with Crippen molar-refractivity contribution in [3.63, 3.8) is 0 Å². The van der Waals surface area contributed by atoms with Crippen LogP contribution in [0.5, 0.6) is 0 Å². The Morgan fingerprint density at radius 3 is 1.39 bits per heavy atom. The molecule has 268 valence electrons. The van der Waals surface area contributed by atoms with Crippen LogP contribution in [0.25, 0.3) is 106 Å². The van der Waals surface area contributed by atoms with Gasteiger partial charge < -0.3 is 13.7 Å². The third-order valence-corrected chi connectivity index (χ3v) is 12.0. The first-order valence-corrected chi connectivity index (χ1v) is 19.9. The standard InChI is InChI=1S/C54H37N3/c1-3-17-36(18-4-1)38-33-39(37-19-5-2-6-20-37)35-40(34-38)55-47-27-13-9-23-43(47)53-49(55)29-15-31-51(53)57-48-28-14-10-24-44(48)54-50(30-16-32-52(54)57)56-45-25-11-7-21-41(45)42-22-8-12-26-46(42)56/h1-8,10-12,14-35H,9,13H2. The van der Waals surface area contributed by atoms with Crippen molar-refractivity contribution in [2.75, 3.05) is 0 Å². The van der Waals surface area contributed by atoms with Crippen molar-refractivity contribution in [2.24, 2.45) is 0 Å². The Kier molecular flexibility index (Phi) is 7.05. The molecule has 0 aliphatic heterocycles. The Bertz CT molecular complexity index is 3400. The van der Waals surface area contributed by atoms with Crippen LogP contribution in [0.1, 0.15) is 12.8 Å². The number of hydrogen-bond acceptors (Lipinski definition) is 0. The highest BCUT2D eigenvalue weighted by Crippen LogP contribution is 2.41. The zero-order chi connectivity index (χ0) is 37.5. The van der Waals surface area contributed by atoms with Gasteiger partial charge in [-0.1, -0.05) is 140 Å². The molecule has 12 rings (SSSR count). The molecule has 0 amide bonds. The van der Waals surface area contributed by atoms with Crippen LogP contribution in [0.15, 0.2) is 188 Å². The Balaban J connectivity index is 1.17. The van der Waals surface area contributed by atoms with Gasteiger partial charge in [0.25, 0.3) is 0 Å². The Morgan fingerprint density at radius 2 is 0.772 bits per heavy atom. The van der Waals surface area contributed by atoms with Crippen LogP contribution < -0.4 is 10.6 Å². The Labute approximate surface area is 329 Å². The Hall–Kier alpha value is -7.36. The number of benzene rings is 8. The third-order valence-electron chi connectivity index (χ3n) is 12.0. The molecule has 11 aromatic rings. The van der Waals surface area contributed by atoms with Crippen LogP contribution in [0.2, 0.25) is 0 Å². The molecule has 0 unspecified atom stereocenters. The second kappa shape index (κ2) is 12.6. The predicted octanol–water partition coefficient (Wildman–Crippen LogP) is 12.5. The van der Waals surface area contributed by atoms with E-state index in [4.69, 9.17) is 0 Å². The molecular formula is C54H37N3. The van der Waals surface area contributed by atoms with Gasteiger partial charge in [0.05, 0.1) is 39.0 Å². The number of fused-ring (bicyclic) bond motifs is 9. The highest BCUT2D eigenvalue weighted by atomic mass is 15.0. The van der Waals surface area contributed by atoms with Gasteiger partial charge in [-0.15, -0.1) is 0 Å². The summed E-state index contributed by atoms with van der Waals surface area (Å²) in [4.78, 5) is 0. The lowest BCUT2D eigenvalue weighted by Gasteiger charge is -2.15. The van der Waals surface area contributed by atoms with E-state index in [1.807, 2.05) is 0 Å². The molecule has 3 heteroatoms. The second-order valence-corrected chi connectivity index (χ2v) is 15.2. The molecule has 0 spiro atoms. The maximum atomic E-state index is 2.52. The van der Waals surface area contributed by atoms with Crippen LogP contribution in [-0.2, 0) is 0 Å². The average Bonchev–Trinajstić information content (AvgIpc) is 3.93. The van der Waals surface area contributed by atoms with Crippen LogP contribution in [-0.4, -0.2) is 13.7 Å². The van der Waals surface area contributed by atoms with Crippen molar-refractivity contribution < 1.29 is 0 Å². The monoisotopic (exact) mass is 727 g/mol. The maximum absolute atomic E-state index is 2.52. The summed E-state index contributed by atoms with van der Waals surface area (Å²) in [5, 5.41) is 8.88. The summed E-state index contributed by atoms with van der Waals surface area (Å²) >= 11 is 0. The summed E-state index contributed by atoms with van der Waals surface area (Å²) in [7, 11) is 0. The van der Waals surface area contributed by atoms with Gasteiger partial charge in [-0.2, -0.15) is 0 Å². The molecule has 3 heterocycles. The minimum Gasteiger partial charge on any atom is -0.309 e. The van der Waals surface area contributed by atoms with Crippen molar-refractivity contribution in [2.45, 2.75) is 12.8 Å². The number of rotatable bonds is 5. The van der Waals surface area contributed by atoms with Gasteiger partial charge in [-0.05, 0) is 95.8 Å². The molecule has 0 radical (unpaired) electrons. The van der Waals surface area contributed by atoms with Gasteiger partial charge in [0.15, 0.2) is 0 Å². The highest BCUT2D eigenvalue weighted by molar-refractivity contribution is 6.17. The Morgan fingerprint density at radius 1 is 0.316 bits per heavy atom. The first-order valence-electron chi connectivity index (χ1n) is 19.9. The number of para-hydroxylation sites is 3. The number of aromatic nitrogens is 3. The molecule has 3 nitrogen and oxygen atoms in total. The van der Waals surface area contributed by atoms with Gasteiger partial charge >= 0.3 is 0 Å². The van der Waals surface area contributed by atoms with E-state index in [2.05, 4.69) is 214 Å². The third kappa shape index (κ3) is 4.79. The lowest BCUT2D eigenvalue weighted by Crippen LogP contribution is -2.30. The summed E-state index contributed by atoms with van der Waals surface area (Å²) in [6.45, 7) is 0. The summed E-state index contributed by atoms with van der Waals surface area (Å²) in [6.07, 6.45) is 6.95. The summed E-state index contributed by atoms with van der Waals surface area (Å²) in [5.74, 6) is 0. The van der Waals surface area contributed by atoms with E-state index in [1.165, 1.54) is 104 Å². The summed E-state index contributed by atoms with van der Waals surface area (Å²) in [6, 6.07) is 68.9. The molecule has 0 atom stereocenters. The van der Waals surface area contributed by atoms with Gasteiger partial charge in [-0.25, -0.2) is 0 Å². The zero-order valence-corrected chi connectivity index (χ0v) is 31.3. The number of nitrogens with zero attached hydrogens (tertiary/aromatic N) is 3. The molecule has 0 N–H and O–H groups in total. The van der Waals surface area contributed by atoms with E-state index in [9.17, 15) is 0 Å². The molecule has 3 aromatic heterocycles. The quantitative estimate of drug-likeness (QED) is 0.168. The SMILES string of the molecule is C1=c2c(n(-c3cc(-c4ccccc4)cc(-c4ccccc4)c3)c3cccc(-n4c5ccccc5c5c(-n6c7ccccc7c7ccccc76)cccc54)c23)=CCC1. The molecular weight excluding hydrogens is 691 g/mol. The summed E-state index contributed by atoms with van der Waals surface area (Å²) < 4.78 is 7.50. The van der Waals surface area contributed by atoms with E-state index < -0.39 is 0 Å². The van der Waals surface area contributed by atoms with Crippen LogP contribution in [0.4, 0.5) is 0 Å². The fraction of sp³-hybridized carbons (Fsp3) is 0.0370. The lowest BCUT2D eigenvalue weighted by molar-refractivity contribution is 1.02. The second-order valence-electron chi connectivity index (χ2n) is 15.2. The number of hydrogen-bond donors (Lipinski definition) is 0. The molecule has 57 heavy (non-hydrogen) atoms. The highest BCUT2D eigenvalue weighted by Gasteiger charge is 2.22. The zero-order valence-electron chi connectivity index (χ0n) is 31.3. The molecule has 8 aromatic carbocycles. The molecule has 0 saturated heterocycles. The average molecular weight is 728 g/mol. The van der Waals surface area contributed by atoms with Crippen LogP contribution in [0, 0.1) is 0 Å². The maximum Gasteiger partial charge on any atom is 0.0562 e. The van der Waals surface area contributed by atoms with Gasteiger partial charge in [0.2, 0.25) is 0 Å². The summed E-state index contributed by atoms with van der Waals surface area (Å²) in [5.41, 5.74) is 14.4. The smallest absolute Gasteiger partial charge is 0.0562 e. The van der Waals surface area contributed by atoms with Crippen molar-refractivity contribution in [3.8, 4) is 39.3 Å².